The minimum atomic E-state index is -0.144. The monoisotopic (exact) mass is 261 g/mol. The topological polar surface area (TPSA) is 56.2 Å². The van der Waals surface area contributed by atoms with E-state index in [4.69, 9.17) is 4.74 Å². The zero-order valence-corrected chi connectivity index (χ0v) is 11.5. The van der Waals surface area contributed by atoms with Crippen LogP contribution in [0.2, 0.25) is 0 Å². The number of nitrogens with one attached hydrogen (secondary N) is 1. The number of hydrogen-bond acceptors (Lipinski definition) is 3. The molecule has 0 aliphatic carbocycles. The largest absolute Gasteiger partial charge is 0.375 e. The Hall–Kier alpha value is -1.88. The first-order valence-electron chi connectivity index (χ1n) is 6.40. The van der Waals surface area contributed by atoms with Crippen LogP contribution in [0, 0.1) is 0 Å². The first kappa shape index (κ1) is 13.5. The summed E-state index contributed by atoms with van der Waals surface area (Å²) < 4.78 is 6.93. The number of carbonyl (C=O) groups excluding carboxylic acids is 1. The van der Waals surface area contributed by atoms with Crippen molar-refractivity contribution in [2.45, 2.75) is 26.4 Å². The van der Waals surface area contributed by atoms with Gasteiger partial charge in [0.25, 0.3) is 0 Å². The number of aryl methyl sites for hydroxylation is 1. The van der Waals surface area contributed by atoms with Crippen molar-refractivity contribution in [3.8, 4) is 0 Å². The number of aromatic nitrogens is 2. The maximum absolute atomic E-state index is 11.6. The zero-order chi connectivity index (χ0) is 13.8. The molecule has 1 amide bonds. The third-order valence-electron chi connectivity index (χ3n) is 3.04. The van der Waals surface area contributed by atoms with Crippen molar-refractivity contribution in [2.24, 2.45) is 0 Å². The average molecular weight is 261 g/mol. The molecule has 1 N–H and O–H groups in total. The van der Waals surface area contributed by atoms with Gasteiger partial charge in [-0.25, -0.2) is 4.98 Å². The van der Waals surface area contributed by atoms with Crippen LogP contribution in [0.3, 0.4) is 0 Å². The number of nitrogens with zero attached hydrogens (tertiary/aromatic N) is 2. The number of imidazole rings is 1. The van der Waals surface area contributed by atoms with Gasteiger partial charge in [-0.2, -0.15) is 0 Å². The van der Waals surface area contributed by atoms with Crippen LogP contribution in [-0.2, 0) is 16.1 Å². The summed E-state index contributed by atoms with van der Waals surface area (Å²) in [6.07, 6.45) is 0. The Morgan fingerprint density at radius 1 is 1.47 bits per heavy atom. The lowest BCUT2D eigenvalue weighted by Gasteiger charge is -2.15. The molecule has 0 saturated heterocycles. The number of amides is 1. The number of methoxy groups -OCH3 is 1. The van der Waals surface area contributed by atoms with Gasteiger partial charge in [-0.1, -0.05) is 12.1 Å². The standard InChI is InChI=1S/C14H19N3O2/c1-4-17-12-8-6-5-7-11(12)16-14(17)10(2)15-13(18)9-19-3/h5-8,10H,4,9H2,1-3H3,(H,15,18). The van der Waals surface area contributed by atoms with Crippen LogP contribution in [0.15, 0.2) is 24.3 Å². The Morgan fingerprint density at radius 3 is 2.89 bits per heavy atom. The molecule has 1 aromatic heterocycles. The van der Waals surface area contributed by atoms with E-state index in [0.717, 1.165) is 23.4 Å². The summed E-state index contributed by atoms with van der Waals surface area (Å²) in [5.41, 5.74) is 2.04. The fraction of sp³-hybridized carbons (Fsp3) is 0.429. The maximum Gasteiger partial charge on any atom is 0.246 e. The van der Waals surface area contributed by atoms with Crippen molar-refractivity contribution in [3.05, 3.63) is 30.1 Å². The van der Waals surface area contributed by atoms with Gasteiger partial charge in [-0.05, 0) is 26.0 Å². The molecule has 1 atom stereocenters. The zero-order valence-electron chi connectivity index (χ0n) is 11.5. The lowest BCUT2D eigenvalue weighted by atomic mass is 10.3. The van der Waals surface area contributed by atoms with E-state index in [9.17, 15) is 4.79 Å². The van der Waals surface area contributed by atoms with E-state index in [1.807, 2.05) is 31.2 Å². The number of para-hydroxylation sites is 2. The molecule has 1 unspecified atom stereocenters. The summed E-state index contributed by atoms with van der Waals surface area (Å²) in [6, 6.07) is 7.84. The van der Waals surface area contributed by atoms with E-state index in [1.165, 1.54) is 7.11 Å². The molecule has 19 heavy (non-hydrogen) atoms. The molecule has 0 aliphatic rings. The van der Waals surface area contributed by atoms with Gasteiger partial charge in [0.15, 0.2) is 0 Å². The van der Waals surface area contributed by atoms with Gasteiger partial charge in [-0.15, -0.1) is 0 Å². The Morgan fingerprint density at radius 2 is 2.21 bits per heavy atom. The quantitative estimate of drug-likeness (QED) is 0.894. The Labute approximate surface area is 112 Å². The molecule has 0 fully saturated rings. The molecule has 102 valence electrons. The highest BCUT2D eigenvalue weighted by molar-refractivity contribution is 5.78. The van der Waals surface area contributed by atoms with Crippen molar-refractivity contribution in [1.29, 1.82) is 0 Å². The lowest BCUT2D eigenvalue weighted by Crippen LogP contribution is -2.31. The molecular weight excluding hydrogens is 242 g/mol. The van der Waals surface area contributed by atoms with Gasteiger partial charge in [-0.3, -0.25) is 4.79 Å². The highest BCUT2D eigenvalue weighted by atomic mass is 16.5. The van der Waals surface area contributed by atoms with Crippen molar-refractivity contribution in [1.82, 2.24) is 14.9 Å². The summed E-state index contributed by atoms with van der Waals surface area (Å²) in [5.74, 6) is 0.734. The highest BCUT2D eigenvalue weighted by Crippen LogP contribution is 2.20. The molecule has 2 rings (SSSR count). The lowest BCUT2D eigenvalue weighted by molar-refractivity contribution is -0.125. The summed E-state index contributed by atoms with van der Waals surface area (Å²) in [6.45, 7) is 4.89. The molecule has 1 heterocycles. The van der Waals surface area contributed by atoms with Gasteiger partial charge in [0, 0.05) is 13.7 Å². The molecule has 0 radical (unpaired) electrons. The number of hydrogen-bond donors (Lipinski definition) is 1. The number of benzene rings is 1. The van der Waals surface area contributed by atoms with Gasteiger partial charge in [0.2, 0.25) is 5.91 Å². The normalized spacial score (nSPS) is 12.6. The van der Waals surface area contributed by atoms with Gasteiger partial charge < -0.3 is 14.6 Å². The molecule has 1 aromatic carbocycles. The molecule has 5 nitrogen and oxygen atoms in total. The molecule has 5 heteroatoms. The van der Waals surface area contributed by atoms with Crippen LogP contribution < -0.4 is 5.32 Å². The van der Waals surface area contributed by atoms with Crippen molar-refractivity contribution in [3.63, 3.8) is 0 Å². The highest BCUT2D eigenvalue weighted by Gasteiger charge is 2.17. The second-order valence-corrected chi connectivity index (χ2v) is 4.43. The predicted molar refractivity (Wildman–Crippen MR) is 73.8 cm³/mol. The van der Waals surface area contributed by atoms with Crippen LogP contribution in [0.25, 0.3) is 11.0 Å². The summed E-state index contributed by atoms with van der Waals surface area (Å²) in [4.78, 5) is 16.2. The van der Waals surface area contributed by atoms with E-state index in [1.54, 1.807) is 0 Å². The van der Waals surface area contributed by atoms with Crippen LogP contribution >= 0.6 is 0 Å². The first-order chi connectivity index (χ1) is 9.17. The number of ether oxygens (including phenoxy) is 1. The van der Waals surface area contributed by atoms with Gasteiger partial charge in [0.05, 0.1) is 17.1 Å². The van der Waals surface area contributed by atoms with Crippen molar-refractivity contribution >= 4 is 16.9 Å². The smallest absolute Gasteiger partial charge is 0.246 e. The molecular formula is C14H19N3O2. The van der Waals surface area contributed by atoms with Crippen LogP contribution in [-0.4, -0.2) is 29.2 Å². The van der Waals surface area contributed by atoms with E-state index >= 15 is 0 Å². The number of fused-ring (bicyclic) bond motifs is 1. The van der Waals surface area contributed by atoms with Crippen molar-refractivity contribution in [2.75, 3.05) is 13.7 Å². The SMILES string of the molecule is CCn1c(C(C)NC(=O)COC)nc2ccccc21. The maximum atomic E-state index is 11.6. The fourth-order valence-electron chi connectivity index (χ4n) is 2.24. The minimum Gasteiger partial charge on any atom is -0.375 e. The summed E-state index contributed by atoms with van der Waals surface area (Å²) in [7, 11) is 1.51. The third kappa shape index (κ3) is 2.76. The second-order valence-electron chi connectivity index (χ2n) is 4.43. The fourth-order valence-corrected chi connectivity index (χ4v) is 2.24. The molecule has 0 spiro atoms. The van der Waals surface area contributed by atoms with Gasteiger partial charge in [0.1, 0.15) is 12.4 Å². The van der Waals surface area contributed by atoms with Crippen molar-refractivity contribution < 1.29 is 9.53 Å². The van der Waals surface area contributed by atoms with Crippen LogP contribution in [0.4, 0.5) is 0 Å². The minimum absolute atomic E-state index is 0.0662. The van der Waals surface area contributed by atoms with E-state index in [0.29, 0.717) is 0 Å². The Kier molecular flexibility index (Phi) is 4.16. The summed E-state index contributed by atoms with van der Waals surface area (Å²) >= 11 is 0. The predicted octanol–water partition coefficient (Wildman–Crippen LogP) is 1.88. The first-order valence-corrected chi connectivity index (χ1v) is 6.40. The molecule has 0 saturated carbocycles. The second kappa shape index (κ2) is 5.84. The Balaban J connectivity index is 2.30. The number of rotatable bonds is 5. The Bertz CT molecular complexity index is 577. The molecule has 0 bridgehead atoms. The van der Waals surface area contributed by atoms with E-state index in [-0.39, 0.29) is 18.6 Å². The van der Waals surface area contributed by atoms with Gasteiger partial charge >= 0.3 is 0 Å². The van der Waals surface area contributed by atoms with Crippen LogP contribution in [0.1, 0.15) is 25.7 Å². The molecule has 0 aliphatic heterocycles. The summed E-state index contributed by atoms with van der Waals surface area (Å²) in [5, 5.41) is 2.89. The van der Waals surface area contributed by atoms with E-state index in [2.05, 4.69) is 21.8 Å². The molecule has 2 aromatic rings. The average Bonchev–Trinajstić information content (AvgIpc) is 2.77. The third-order valence-corrected chi connectivity index (χ3v) is 3.04. The van der Waals surface area contributed by atoms with E-state index < -0.39 is 0 Å². The number of carbonyl (C=O) groups is 1. The van der Waals surface area contributed by atoms with Crippen LogP contribution in [0.5, 0.6) is 0 Å².